The number of aromatic nitrogens is 2. The number of benzene rings is 2. The summed E-state index contributed by atoms with van der Waals surface area (Å²) < 4.78 is 10.8. The number of anilines is 1. The molecule has 1 aliphatic heterocycles. The number of thiophene rings is 1. The molecule has 180 valence electrons. The van der Waals surface area contributed by atoms with Crippen molar-refractivity contribution in [2.75, 3.05) is 19.2 Å². The lowest BCUT2D eigenvalue weighted by Gasteiger charge is -2.16. The number of nitrogens with zero attached hydrogens (tertiary/aromatic N) is 2. The predicted molar refractivity (Wildman–Crippen MR) is 137 cm³/mol. The van der Waals surface area contributed by atoms with Gasteiger partial charge in [-0.25, -0.2) is 4.98 Å². The van der Waals surface area contributed by atoms with Crippen molar-refractivity contribution in [3.05, 3.63) is 79.7 Å². The van der Waals surface area contributed by atoms with Gasteiger partial charge in [-0.2, -0.15) is 0 Å². The van der Waals surface area contributed by atoms with Crippen LogP contribution in [0.25, 0.3) is 10.2 Å². The summed E-state index contributed by atoms with van der Waals surface area (Å²) >= 11 is 1.24. The lowest BCUT2D eigenvalue weighted by Crippen LogP contribution is -2.21. The Kier molecular flexibility index (Phi) is 6.04. The molecule has 8 nitrogen and oxygen atoms in total. The first kappa shape index (κ1) is 23.1. The Hall–Kier alpha value is -3.69. The zero-order valence-electron chi connectivity index (χ0n) is 20.0. The lowest BCUT2D eigenvalue weighted by molar-refractivity contribution is 0.103. The van der Waals surface area contributed by atoms with E-state index in [1.807, 2.05) is 57.3 Å². The van der Waals surface area contributed by atoms with Crippen LogP contribution in [0, 0.1) is 20.8 Å². The molecule has 0 unspecified atom stereocenters. The molecule has 0 spiro atoms. The van der Waals surface area contributed by atoms with Gasteiger partial charge in [-0.05, 0) is 62.7 Å². The molecule has 1 aliphatic rings. The summed E-state index contributed by atoms with van der Waals surface area (Å²) in [6.07, 6.45) is 0. The van der Waals surface area contributed by atoms with Crippen LogP contribution in [0.1, 0.15) is 37.7 Å². The van der Waals surface area contributed by atoms with Gasteiger partial charge in [0.05, 0.1) is 16.8 Å². The van der Waals surface area contributed by atoms with Crippen molar-refractivity contribution in [2.24, 2.45) is 0 Å². The maximum absolute atomic E-state index is 13.0. The molecule has 0 radical (unpaired) electrons. The number of carbonyl (C=O) groups is 1. The van der Waals surface area contributed by atoms with E-state index in [0.29, 0.717) is 39.6 Å². The van der Waals surface area contributed by atoms with Crippen molar-refractivity contribution in [2.45, 2.75) is 33.9 Å². The molecular weight excluding hydrogens is 464 g/mol. The second-order valence-corrected chi connectivity index (χ2v) is 9.88. The van der Waals surface area contributed by atoms with Crippen molar-refractivity contribution in [1.29, 1.82) is 0 Å². The quantitative estimate of drug-likeness (QED) is 0.413. The molecule has 2 aromatic carbocycles. The third-order valence-corrected chi connectivity index (χ3v) is 7.18. The number of H-pyrrole nitrogens is 1. The van der Waals surface area contributed by atoms with Crippen molar-refractivity contribution in [3.8, 4) is 11.5 Å². The number of fused-ring (bicyclic) bond motifs is 2. The topological polar surface area (TPSA) is 96.6 Å². The highest BCUT2D eigenvalue weighted by molar-refractivity contribution is 7.20. The molecule has 0 saturated carbocycles. The Labute approximate surface area is 206 Å². The van der Waals surface area contributed by atoms with Gasteiger partial charge in [0.15, 0.2) is 11.5 Å². The van der Waals surface area contributed by atoms with Crippen LogP contribution in [0.3, 0.4) is 0 Å². The number of amides is 1. The van der Waals surface area contributed by atoms with E-state index in [1.54, 1.807) is 6.92 Å². The molecule has 4 aromatic rings. The number of nitrogens with one attached hydrogen (secondary N) is 2. The summed E-state index contributed by atoms with van der Waals surface area (Å²) in [5.74, 6) is 1.80. The Morgan fingerprint density at radius 2 is 1.91 bits per heavy atom. The fourth-order valence-electron chi connectivity index (χ4n) is 4.28. The standard InChI is InChI=1S/C26H26N4O4S/c1-14-5-7-18(15(2)9-14)27-25(32)23-16(3)22-24(31)28-21(29-26(22)35-23)12-30(4)11-17-6-8-19-20(10-17)34-13-33-19/h5-10H,11-13H2,1-4H3,(H,27,32)(H,28,29,31). The summed E-state index contributed by atoms with van der Waals surface area (Å²) in [5.41, 5.74) is 4.34. The van der Waals surface area contributed by atoms with Gasteiger partial charge in [-0.3, -0.25) is 14.5 Å². The number of aryl methyl sites for hydroxylation is 3. The fraction of sp³-hybridized carbons (Fsp3) is 0.269. The van der Waals surface area contributed by atoms with Gasteiger partial charge in [0.25, 0.3) is 11.5 Å². The average molecular weight is 491 g/mol. The summed E-state index contributed by atoms with van der Waals surface area (Å²) in [4.78, 5) is 36.6. The van der Waals surface area contributed by atoms with E-state index in [2.05, 4.69) is 20.2 Å². The molecule has 0 atom stereocenters. The molecule has 0 fully saturated rings. The first-order chi connectivity index (χ1) is 16.8. The van der Waals surface area contributed by atoms with Crippen LogP contribution in [-0.2, 0) is 13.1 Å². The minimum Gasteiger partial charge on any atom is -0.454 e. The van der Waals surface area contributed by atoms with E-state index in [4.69, 9.17) is 9.47 Å². The maximum atomic E-state index is 13.0. The summed E-state index contributed by atoms with van der Waals surface area (Å²) in [5, 5.41) is 3.43. The van der Waals surface area contributed by atoms with Gasteiger partial charge in [-0.15, -0.1) is 11.3 Å². The number of aromatic amines is 1. The summed E-state index contributed by atoms with van der Waals surface area (Å²) in [6, 6.07) is 11.7. The maximum Gasteiger partial charge on any atom is 0.266 e. The van der Waals surface area contributed by atoms with Crippen LogP contribution in [0.5, 0.6) is 11.5 Å². The van der Waals surface area contributed by atoms with Crippen molar-refractivity contribution < 1.29 is 14.3 Å². The van der Waals surface area contributed by atoms with Gasteiger partial charge in [-0.1, -0.05) is 23.8 Å². The number of hydrogen-bond donors (Lipinski definition) is 2. The van der Waals surface area contributed by atoms with E-state index in [9.17, 15) is 9.59 Å². The third-order valence-electron chi connectivity index (χ3n) is 6.00. The van der Waals surface area contributed by atoms with Crippen LogP contribution in [0.15, 0.2) is 41.2 Å². The van der Waals surface area contributed by atoms with Gasteiger partial charge in [0, 0.05) is 12.2 Å². The van der Waals surface area contributed by atoms with Crippen molar-refractivity contribution in [3.63, 3.8) is 0 Å². The highest BCUT2D eigenvalue weighted by Crippen LogP contribution is 2.33. The van der Waals surface area contributed by atoms with E-state index >= 15 is 0 Å². The van der Waals surface area contributed by atoms with Gasteiger partial charge >= 0.3 is 0 Å². The van der Waals surface area contributed by atoms with E-state index in [1.165, 1.54) is 11.3 Å². The van der Waals surface area contributed by atoms with E-state index < -0.39 is 0 Å². The molecule has 0 bridgehead atoms. The van der Waals surface area contributed by atoms with Crippen molar-refractivity contribution in [1.82, 2.24) is 14.9 Å². The monoisotopic (exact) mass is 490 g/mol. The Bertz CT molecular complexity index is 1510. The normalized spacial score (nSPS) is 12.5. The zero-order valence-corrected chi connectivity index (χ0v) is 20.8. The number of hydrogen-bond acceptors (Lipinski definition) is 7. The minimum absolute atomic E-state index is 0.235. The van der Waals surface area contributed by atoms with Crippen LogP contribution >= 0.6 is 11.3 Å². The average Bonchev–Trinajstić information content (AvgIpc) is 3.39. The van der Waals surface area contributed by atoms with Crippen LogP contribution in [-0.4, -0.2) is 34.6 Å². The fourth-order valence-corrected chi connectivity index (χ4v) is 5.37. The highest BCUT2D eigenvalue weighted by atomic mass is 32.1. The lowest BCUT2D eigenvalue weighted by atomic mass is 10.1. The number of carbonyl (C=O) groups excluding carboxylic acids is 1. The van der Waals surface area contributed by atoms with E-state index in [0.717, 1.165) is 33.9 Å². The largest absolute Gasteiger partial charge is 0.454 e. The van der Waals surface area contributed by atoms with Gasteiger partial charge < -0.3 is 19.8 Å². The Balaban J connectivity index is 1.35. The SMILES string of the molecule is Cc1ccc(NC(=O)c2sc3nc(CN(C)Cc4ccc5c(c4)OCO5)[nH]c(=O)c3c2C)c(C)c1. The van der Waals surface area contributed by atoms with Gasteiger partial charge in [0.2, 0.25) is 6.79 Å². The number of ether oxygens (including phenoxy) is 2. The van der Waals surface area contributed by atoms with Gasteiger partial charge in [0.1, 0.15) is 10.7 Å². The molecular formula is C26H26N4O4S. The van der Waals surface area contributed by atoms with Crippen LogP contribution in [0.2, 0.25) is 0 Å². The minimum atomic E-state index is -0.238. The second kappa shape index (κ2) is 9.16. The molecule has 5 rings (SSSR count). The predicted octanol–water partition coefficient (Wildman–Crippen LogP) is 4.52. The molecule has 2 N–H and O–H groups in total. The molecule has 3 heterocycles. The third kappa shape index (κ3) is 4.65. The molecule has 2 aromatic heterocycles. The van der Waals surface area contributed by atoms with Crippen LogP contribution in [0.4, 0.5) is 5.69 Å². The molecule has 35 heavy (non-hydrogen) atoms. The highest BCUT2D eigenvalue weighted by Gasteiger charge is 2.20. The van der Waals surface area contributed by atoms with Crippen LogP contribution < -0.4 is 20.3 Å². The molecule has 0 aliphatic carbocycles. The first-order valence-corrected chi connectivity index (χ1v) is 12.1. The zero-order chi connectivity index (χ0) is 24.7. The summed E-state index contributed by atoms with van der Waals surface area (Å²) in [6.45, 7) is 7.09. The smallest absolute Gasteiger partial charge is 0.266 e. The Morgan fingerprint density at radius 3 is 2.71 bits per heavy atom. The first-order valence-electron chi connectivity index (χ1n) is 11.3. The number of rotatable bonds is 6. The summed E-state index contributed by atoms with van der Waals surface area (Å²) in [7, 11) is 1.96. The second-order valence-electron chi connectivity index (χ2n) is 8.88. The van der Waals surface area contributed by atoms with Crippen molar-refractivity contribution >= 4 is 33.1 Å². The molecule has 9 heteroatoms. The molecule has 0 saturated heterocycles. The van der Waals surface area contributed by atoms with E-state index in [-0.39, 0.29) is 18.3 Å². The Morgan fingerprint density at radius 1 is 1.11 bits per heavy atom. The molecule has 1 amide bonds.